The maximum absolute atomic E-state index is 13.5. The smallest absolute Gasteiger partial charge is 0.271 e. The van der Waals surface area contributed by atoms with Crippen molar-refractivity contribution in [3.05, 3.63) is 79.9 Å². The molecule has 3 heterocycles. The third-order valence-electron chi connectivity index (χ3n) is 4.36. The molecule has 0 aliphatic rings. The molecule has 0 unspecified atom stereocenters. The summed E-state index contributed by atoms with van der Waals surface area (Å²) in [5.41, 5.74) is 2.10. The first-order chi connectivity index (χ1) is 13.0. The number of rotatable bonds is 4. The molecule has 0 fully saturated rings. The van der Waals surface area contributed by atoms with Crippen LogP contribution < -0.4 is 4.90 Å². The van der Waals surface area contributed by atoms with E-state index in [1.165, 1.54) is 11.3 Å². The molecule has 0 aliphatic carbocycles. The molecule has 0 atom stereocenters. The van der Waals surface area contributed by atoms with E-state index in [1.807, 2.05) is 55.6 Å². The Kier molecular flexibility index (Phi) is 5.00. The number of nitrogens with zero attached hydrogens (tertiary/aromatic N) is 2. The van der Waals surface area contributed by atoms with Crippen LogP contribution in [0.3, 0.4) is 0 Å². The highest BCUT2D eigenvalue weighted by atomic mass is 35.5. The maximum Gasteiger partial charge on any atom is 0.271 e. The number of amides is 1. The Bertz CT molecular complexity index is 1120. The fraction of sp³-hybridized carbons (Fsp3) is 0.143. The first-order valence-electron chi connectivity index (χ1n) is 8.49. The lowest BCUT2D eigenvalue weighted by molar-refractivity contribution is 0.0988. The molecule has 0 radical (unpaired) electrons. The SMILES string of the molecule is Cc1ccc2c(Cl)c(C(=O)N(Cc3cccs3)c3ncccc3C)sc2c1. The van der Waals surface area contributed by atoms with Crippen molar-refractivity contribution in [2.75, 3.05) is 4.90 Å². The molecule has 3 nitrogen and oxygen atoms in total. The van der Waals surface area contributed by atoms with E-state index in [4.69, 9.17) is 11.6 Å². The normalized spacial score (nSPS) is 11.1. The molecule has 4 rings (SSSR count). The maximum atomic E-state index is 13.5. The van der Waals surface area contributed by atoms with Crippen molar-refractivity contribution >= 4 is 56.1 Å². The van der Waals surface area contributed by atoms with Gasteiger partial charge in [-0.25, -0.2) is 4.98 Å². The third-order valence-corrected chi connectivity index (χ3v) is 6.86. The van der Waals surface area contributed by atoms with Crippen molar-refractivity contribution in [1.82, 2.24) is 4.98 Å². The Balaban J connectivity index is 1.81. The average Bonchev–Trinajstić information content (AvgIpc) is 3.28. The summed E-state index contributed by atoms with van der Waals surface area (Å²) in [4.78, 5) is 21.4. The van der Waals surface area contributed by atoms with Gasteiger partial charge >= 0.3 is 0 Å². The van der Waals surface area contributed by atoms with Gasteiger partial charge in [-0.3, -0.25) is 9.69 Å². The summed E-state index contributed by atoms with van der Waals surface area (Å²) in [5.74, 6) is 0.551. The van der Waals surface area contributed by atoms with Crippen molar-refractivity contribution in [2.45, 2.75) is 20.4 Å². The van der Waals surface area contributed by atoms with Gasteiger partial charge in [-0.15, -0.1) is 22.7 Å². The minimum atomic E-state index is -0.117. The molecule has 1 amide bonds. The van der Waals surface area contributed by atoms with Gasteiger partial charge in [0.25, 0.3) is 5.91 Å². The number of aromatic nitrogens is 1. The zero-order valence-corrected chi connectivity index (χ0v) is 17.3. The summed E-state index contributed by atoms with van der Waals surface area (Å²) in [6.45, 7) is 4.47. The van der Waals surface area contributed by atoms with E-state index in [0.717, 1.165) is 26.1 Å². The van der Waals surface area contributed by atoms with Crippen molar-refractivity contribution in [1.29, 1.82) is 0 Å². The standard InChI is InChI=1S/C21H17ClN2OS2/c1-13-7-8-16-17(11-13)27-19(18(16)22)21(25)24(12-15-6-4-10-26-15)20-14(2)5-3-9-23-20/h3-11H,12H2,1-2H3. The Labute approximate surface area is 170 Å². The number of anilines is 1. The second-order valence-corrected chi connectivity index (χ2v) is 8.82. The van der Waals surface area contributed by atoms with Gasteiger partial charge in [0, 0.05) is 21.2 Å². The van der Waals surface area contributed by atoms with Gasteiger partial charge in [0.05, 0.1) is 11.6 Å². The number of pyridine rings is 1. The van der Waals surface area contributed by atoms with Gasteiger partial charge in [-0.05, 0) is 48.6 Å². The van der Waals surface area contributed by atoms with Crippen LogP contribution in [-0.4, -0.2) is 10.9 Å². The van der Waals surface area contributed by atoms with Crippen molar-refractivity contribution in [3.63, 3.8) is 0 Å². The van der Waals surface area contributed by atoms with E-state index in [1.54, 1.807) is 22.4 Å². The Morgan fingerprint density at radius 2 is 2.04 bits per heavy atom. The largest absolute Gasteiger partial charge is 0.286 e. The van der Waals surface area contributed by atoms with Gasteiger partial charge in [0.2, 0.25) is 0 Å². The van der Waals surface area contributed by atoms with Crippen LogP contribution in [0, 0.1) is 13.8 Å². The lowest BCUT2D eigenvalue weighted by Crippen LogP contribution is -2.31. The number of carbonyl (C=O) groups is 1. The molecule has 136 valence electrons. The van der Waals surface area contributed by atoms with Gasteiger partial charge in [0.1, 0.15) is 10.7 Å². The van der Waals surface area contributed by atoms with Gasteiger partial charge < -0.3 is 0 Å². The highest BCUT2D eigenvalue weighted by Crippen LogP contribution is 2.37. The number of hydrogen-bond acceptors (Lipinski definition) is 4. The molecule has 27 heavy (non-hydrogen) atoms. The Morgan fingerprint density at radius 1 is 1.19 bits per heavy atom. The second kappa shape index (κ2) is 7.43. The van der Waals surface area contributed by atoms with E-state index < -0.39 is 0 Å². The zero-order valence-electron chi connectivity index (χ0n) is 14.9. The fourth-order valence-electron chi connectivity index (χ4n) is 2.99. The summed E-state index contributed by atoms with van der Waals surface area (Å²) in [7, 11) is 0. The summed E-state index contributed by atoms with van der Waals surface area (Å²) in [6.07, 6.45) is 1.72. The lowest BCUT2D eigenvalue weighted by atomic mass is 10.2. The molecule has 0 saturated carbocycles. The monoisotopic (exact) mass is 412 g/mol. The fourth-order valence-corrected chi connectivity index (χ4v) is 5.25. The predicted octanol–water partition coefficient (Wildman–Crippen LogP) is 6.48. The molecule has 0 N–H and O–H groups in total. The minimum Gasteiger partial charge on any atom is -0.286 e. The molecule has 0 saturated heterocycles. The minimum absolute atomic E-state index is 0.117. The van der Waals surface area contributed by atoms with Crippen LogP contribution in [-0.2, 0) is 6.54 Å². The molecule has 0 bridgehead atoms. The highest BCUT2D eigenvalue weighted by Gasteiger charge is 2.26. The van der Waals surface area contributed by atoms with Crippen molar-refractivity contribution in [3.8, 4) is 0 Å². The first-order valence-corrected chi connectivity index (χ1v) is 10.6. The van der Waals surface area contributed by atoms with E-state index in [-0.39, 0.29) is 5.91 Å². The molecule has 0 spiro atoms. The van der Waals surface area contributed by atoms with Crippen LogP contribution in [0.4, 0.5) is 5.82 Å². The molecule has 1 aromatic carbocycles. The van der Waals surface area contributed by atoms with E-state index >= 15 is 0 Å². The molecule has 3 aromatic heterocycles. The van der Waals surface area contributed by atoms with Gasteiger partial charge in [-0.2, -0.15) is 0 Å². The van der Waals surface area contributed by atoms with Crippen LogP contribution in [0.25, 0.3) is 10.1 Å². The molecular formula is C21H17ClN2OS2. The topological polar surface area (TPSA) is 33.2 Å². The van der Waals surface area contributed by atoms with Crippen molar-refractivity contribution in [2.24, 2.45) is 0 Å². The number of thiophene rings is 2. The third kappa shape index (κ3) is 3.50. The number of hydrogen-bond donors (Lipinski definition) is 0. The number of halogens is 1. The van der Waals surface area contributed by atoms with Crippen LogP contribution in [0.2, 0.25) is 5.02 Å². The van der Waals surface area contributed by atoms with Crippen LogP contribution in [0.1, 0.15) is 25.7 Å². The molecule has 0 aliphatic heterocycles. The predicted molar refractivity (Wildman–Crippen MR) is 115 cm³/mol. The van der Waals surface area contributed by atoms with Gasteiger partial charge in [0.15, 0.2) is 0 Å². The number of fused-ring (bicyclic) bond motifs is 1. The van der Waals surface area contributed by atoms with E-state index in [0.29, 0.717) is 22.3 Å². The van der Waals surface area contributed by atoms with E-state index in [2.05, 4.69) is 11.1 Å². The summed E-state index contributed by atoms with van der Waals surface area (Å²) < 4.78 is 1.03. The van der Waals surface area contributed by atoms with Crippen LogP contribution in [0.15, 0.2) is 54.0 Å². The number of aryl methyl sites for hydroxylation is 2. The molecule has 6 heteroatoms. The molecular weight excluding hydrogens is 396 g/mol. The average molecular weight is 413 g/mol. The highest BCUT2D eigenvalue weighted by molar-refractivity contribution is 7.21. The van der Waals surface area contributed by atoms with E-state index in [9.17, 15) is 4.79 Å². The zero-order chi connectivity index (χ0) is 19.0. The number of carbonyl (C=O) groups excluding carboxylic acids is 1. The lowest BCUT2D eigenvalue weighted by Gasteiger charge is -2.22. The number of benzene rings is 1. The summed E-state index contributed by atoms with van der Waals surface area (Å²) >= 11 is 9.67. The second-order valence-electron chi connectivity index (χ2n) is 6.36. The van der Waals surface area contributed by atoms with Crippen molar-refractivity contribution < 1.29 is 4.79 Å². The first kappa shape index (κ1) is 18.2. The Morgan fingerprint density at radius 3 is 2.78 bits per heavy atom. The van der Waals surface area contributed by atoms with Crippen LogP contribution >= 0.6 is 34.3 Å². The summed E-state index contributed by atoms with van der Waals surface area (Å²) in [6, 6.07) is 13.9. The quantitative estimate of drug-likeness (QED) is 0.384. The Hall–Kier alpha value is -2.21. The van der Waals surface area contributed by atoms with Crippen LogP contribution in [0.5, 0.6) is 0 Å². The van der Waals surface area contributed by atoms with Gasteiger partial charge in [-0.1, -0.05) is 35.9 Å². The molecule has 4 aromatic rings. The summed E-state index contributed by atoms with van der Waals surface area (Å²) in [5, 5.41) is 3.45.